The summed E-state index contributed by atoms with van der Waals surface area (Å²) in [5, 5.41) is 3.38. The highest BCUT2D eigenvalue weighted by Crippen LogP contribution is 2.26. The molecular formula is C14H15BrN2O2S. The molecule has 1 aromatic rings. The van der Waals surface area contributed by atoms with Crippen LogP contribution < -0.4 is 10.1 Å². The van der Waals surface area contributed by atoms with Crippen LogP contribution in [0.1, 0.15) is 19.4 Å². The highest BCUT2D eigenvalue weighted by atomic mass is 79.9. The lowest BCUT2D eigenvalue weighted by atomic mass is 10.1. The van der Waals surface area contributed by atoms with Crippen molar-refractivity contribution in [2.75, 3.05) is 13.2 Å². The molecule has 0 bridgehead atoms. The average molecular weight is 355 g/mol. The lowest BCUT2D eigenvalue weighted by Crippen LogP contribution is -2.30. The van der Waals surface area contributed by atoms with Gasteiger partial charge in [0, 0.05) is 16.6 Å². The number of halogens is 1. The largest absolute Gasteiger partial charge is 0.493 e. The lowest BCUT2D eigenvalue weighted by Gasteiger charge is -2.09. The average Bonchev–Trinajstić information content (AvgIpc) is 2.67. The summed E-state index contributed by atoms with van der Waals surface area (Å²) in [7, 11) is 0. The maximum atomic E-state index is 12.2. The second-order valence-electron chi connectivity index (χ2n) is 4.15. The van der Waals surface area contributed by atoms with Gasteiger partial charge in [-0.2, -0.15) is 0 Å². The molecule has 1 fully saturated rings. The Morgan fingerprint density at radius 3 is 2.80 bits per heavy atom. The topological polar surface area (TPSA) is 41.6 Å². The number of thiocarbonyl (C=S) groups is 1. The first-order valence-corrected chi connectivity index (χ1v) is 7.53. The molecule has 1 amide bonds. The molecule has 2 rings (SSSR count). The normalized spacial score (nSPS) is 16.8. The molecule has 1 aromatic carbocycles. The Bertz CT molecular complexity index is 587. The van der Waals surface area contributed by atoms with Crippen molar-refractivity contribution >= 4 is 45.2 Å². The molecule has 1 aliphatic rings. The minimum Gasteiger partial charge on any atom is -0.493 e. The van der Waals surface area contributed by atoms with E-state index in [1.165, 1.54) is 4.90 Å². The van der Waals surface area contributed by atoms with Crippen LogP contribution in [0.25, 0.3) is 6.08 Å². The number of carbonyl (C=O) groups is 1. The van der Waals surface area contributed by atoms with Crippen molar-refractivity contribution in [2.45, 2.75) is 13.8 Å². The van der Waals surface area contributed by atoms with Gasteiger partial charge in [0.1, 0.15) is 11.4 Å². The Labute approximate surface area is 131 Å². The van der Waals surface area contributed by atoms with Gasteiger partial charge < -0.3 is 10.1 Å². The third kappa shape index (κ3) is 3.02. The van der Waals surface area contributed by atoms with E-state index in [2.05, 4.69) is 21.2 Å². The van der Waals surface area contributed by atoms with Gasteiger partial charge in [-0.25, -0.2) is 0 Å². The summed E-state index contributed by atoms with van der Waals surface area (Å²) >= 11 is 8.56. The number of nitrogens with one attached hydrogen (secondary N) is 1. The van der Waals surface area contributed by atoms with E-state index >= 15 is 0 Å². The summed E-state index contributed by atoms with van der Waals surface area (Å²) in [5.74, 6) is 0.624. The van der Waals surface area contributed by atoms with Crippen LogP contribution in [0.3, 0.4) is 0 Å². The quantitative estimate of drug-likeness (QED) is 0.666. The van der Waals surface area contributed by atoms with Crippen LogP contribution in [0, 0.1) is 0 Å². The standard InChI is InChI=1S/C14H15BrN2O2S/c1-3-17-13(18)11(16-14(17)20)8-9-7-10(15)5-6-12(9)19-4-2/h5-8H,3-4H2,1-2H3,(H,16,20)/b11-8+. The molecule has 1 heterocycles. The molecule has 0 radical (unpaired) electrons. The van der Waals surface area contributed by atoms with Gasteiger partial charge in [-0.1, -0.05) is 15.9 Å². The zero-order chi connectivity index (χ0) is 14.7. The Balaban J connectivity index is 2.38. The highest BCUT2D eigenvalue weighted by Gasteiger charge is 2.29. The van der Waals surface area contributed by atoms with Crippen molar-refractivity contribution in [1.82, 2.24) is 10.2 Å². The van der Waals surface area contributed by atoms with Crippen LogP contribution in [0.15, 0.2) is 28.4 Å². The molecule has 20 heavy (non-hydrogen) atoms. The second-order valence-corrected chi connectivity index (χ2v) is 5.46. The molecule has 1 N–H and O–H groups in total. The van der Waals surface area contributed by atoms with Crippen molar-refractivity contribution in [2.24, 2.45) is 0 Å². The molecule has 0 aromatic heterocycles. The highest BCUT2D eigenvalue weighted by molar-refractivity contribution is 9.10. The zero-order valence-electron chi connectivity index (χ0n) is 11.3. The summed E-state index contributed by atoms with van der Waals surface area (Å²) in [6.07, 6.45) is 1.76. The molecule has 106 valence electrons. The van der Waals surface area contributed by atoms with Gasteiger partial charge in [-0.05, 0) is 50.3 Å². The second kappa shape index (κ2) is 6.37. The van der Waals surface area contributed by atoms with Crippen molar-refractivity contribution in [3.63, 3.8) is 0 Å². The summed E-state index contributed by atoms with van der Waals surface area (Å²) in [6.45, 7) is 4.93. The van der Waals surface area contributed by atoms with E-state index < -0.39 is 0 Å². The fourth-order valence-electron chi connectivity index (χ4n) is 1.93. The summed E-state index contributed by atoms with van der Waals surface area (Å²) in [6, 6.07) is 5.68. The minimum absolute atomic E-state index is 0.111. The number of nitrogens with zero attached hydrogens (tertiary/aromatic N) is 1. The van der Waals surface area contributed by atoms with Gasteiger partial charge in [0.15, 0.2) is 5.11 Å². The lowest BCUT2D eigenvalue weighted by molar-refractivity contribution is -0.122. The van der Waals surface area contributed by atoms with Crippen LogP contribution in [-0.4, -0.2) is 29.1 Å². The summed E-state index contributed by atoms with van der Waals surface area (Å²) < 4.78 is 6.49. The molecule has 0 saturated carbocycles. The summed E-state index contributed by atoms with van der Waals surface area (Å²) in [4.78, 5) is 13.7. The van der Waals surface area contributed by atoms with E-state index in [9.17, 15) is 4.79 Å². The molecule has 0 atom stereocenters. The van der Waals surface area contributed by atoms with Crippen molar-refractivity contribution in [1.29, 1.82) is 0 Å². The fraction of sp³-hybridized carbons (Fsp3) is 0.286. The Morgan fingerprint density at radius 2 is 2.20 bits per heavy atom. The van der Waals surface area contributed by atoms with Gasteiger partial charge in [0.05, 0.1) is 6.61 Å². The Morgan fingerprint density at radius 1 is 1.45 bits per heavy atom. The molecule has 0 unspecified atom stereocenters. The smallest absolute Gasteiger partial charge is 0.276 e. The molecule has 1 aliphatic heterocycles. The molecular weight excluding hydrogens is 340 g/mol. The molecule has 6 heteroatoms. The molecule has 0 aliphatic carbocycles. The number of hydrogen-bond donors (Lipinski definition) is 1. The third-order valence-electron chi connectivity index (χ3n) is 2.85. The van der Waals surface area contributed by atoms with E-state index in [1.807, 2.05) is 32.0 Å². The Hall–Kier alpha value is -1.40. The number of carbonyl (C=O) groups excluding carboxylic acids is 1. The van der Waals surface area contributed by atoms with E-state index in [0.717, 1.165) is 15.8 Å². The number of likely N-dealkylation sites (N-methyl/N-ethyl adjacent to an activating group) is 1. The van der Waals surface area contributed by atoms with Crippen LogP contribution in [0.4, 0.5) is 0 Å². The Kier molecular flexibility index (Phi) is 4.77. The number of benzene rings is 1. The maximum absolute atomic E-state index is 12.2. The van der Waals surface area contributed by atoms with Crippen molar-refractivity contribution in [3.8, 4) is 5.75 Å². The monoisotopic (exact) mass is 354 g/mol. The molecule has 1 saturated heterocycles. The first-order chi connectivity index (χ1) is 9.56. The fourth-order valence-corrected chi connectivity index (χ4v) is 2.63. The van der Waals surface area contributed by atoms with E-state index in [1.54, 1.807) is 6.08 Å². The first-order valence-electron chi connectivity index (χ1n) is 6.33. The summed E-state index contributed by atoms with van der Waals surface area (Å²) in [5.41, 5.74) is 1.30. The first kappa shape index (κ1) is 15.0. The van der Waals surface area contributed by atoms with Crippen LogP contribution >= 0.6 is 28.1 Å². The molecule has 4 nitrogen and oxygen atoms in total. The minimum atomic E-state index is -0.111. The van der Waals surface area contributed by atoms with Gasteiger partial charge in [-0.3, -0.25) is 9.69 Å². The van der Waals surface area contributed by atoms with Gasteiger partial charge in [-0.15, -0.1) is 0 Å². The third-order valence-corrected chi connectivity index (χ3v) is 3.67. The maximum Gasteiger partial charge on any atom is 0.276 e. The van der Waals surface area contributed by atoms with Gasteiger partial charge in [0.2, 0.25) is 0 Å². The van der Waals surface area contributed by atoms with Crippen molar-refractivity contribution < 1.29 is 9.53 Å². The molecule has 0 spiro atoms. The number of amides is 1. The van der Waals surface area contributed by atoms with Gasteiger partial charge in [0.25, 0.3) is 5.91 Å². The predicted octanol–water partition coefficient (Wildman–Crippen LogP) is 2.93. The predicted molar refractivity (Wildman–Crippen MR) is 86.4 cm³/mol. The van der Waals surface area contributed by atoms with E-state index in [-0.39, 0.29) is 5.91 Å². The van der Waals surface area contributed by atoms with Crippen molar-refractivity contribution in [3.05, 3.63) is 33.9 Å². The van der Waals surface area contributed by atoms with Crippen LogP contribution in [0.2, 0.25) is 0 Å². The van der Waals surface area contributed by atoms with Crippen LogP contribution in [0.5, 0.6) is 5.75 Å². The van der Waals surface area contributed by atoms with E-state index in [4.69, 9.17) is 17.0 Å². The zero-order valence-corrected chi connectivity index (χ0v) is 13.7. The number of ether oxygens (including phenoxy) is 1. The van der Waals surface area contributed by atoms with Crippen LogP contribution in [-0.2, 0) is 4.79 Å². The van der Waals surface area contributed by atoms with E-state index in [0.29, 0.717) is 24.0 Å². The number of hydrogen-bond acceptors (Lipinski definition) is 3. The number of rotatable bonds is 4. The SMILES string of the molecule is CCOc1ccc(Br)cc1/C=C1/NC(=S)N(CC)C1=O. The van der Waals surface area contributed by atoms with Gasteiger partial charge >= 0.3 is 0 Å².